The summed E-state index contributed by atoms with van der Waals surface area (Å²) in [5.41, 5.74) is 2.01. The van der Waals surface area contributed by atoms with Gasteiger partial charge in [-0.15, -0.1) is 0 Å². The maximum Gasteiger partial charge on any atom is 0.148 e. The molecule has 0 amide bonds. The molecular weight excluding hydrogens is 386 g/mol. The van der Waals surface area contributed by atoms with E-state index in [1.165, 1.54) is 12.1 Å². The molecule has 142 valence electrons. The van der Waals surface area contributed by atoms with Crippen LogP contribution in [-0.4, -0.2) is 11.6 Å². The third-order valence-corrected chi connectivity index (χ3v) is 5.60. The Hall–Kier alpha value is -1.71. The van der Waals surface area contributed by atoms with E-state index >= 15 is 0 Å². The van der Waals surface area contributed by atoms with Crippen molar-refractivity contribution in [1.29, 1.82) is 0 Å². The van der Waals surface area contributed by atoms with Gasteiger partial charge in [0.1, 0.15) is 23.3 Å². The summed E-state index contributed by atoms with van der Waals surface area (Å²) in [6, 6.07) is 8.03. The minimum atomic E-state index is -0.790. The van der Waals surface area contributed by atoms with Crippen molar-refractivity contribution in [2.75, 3.05) is 0 Å². The van der Waals surface area contributed by atoms with Gasteiger partial charge in [0, 0.05) is 23.4 Å². The van der Waals surface area contributed by atoms with Gasteiger partial charge in [-0.05, 0) is 46.7 Å². The first-order valence-electron chi connectivity index (χ1n) is 8.96. The van der Waals surface area contributed by atoms with Crippen LogP contribution in [0.5, 0.6) is 0 Å². The van der Waals surface area contributed by atoms with Crippen LogP contribution in [0.15, 0.2) is 30.3 Å². The molecule has 1 aliphatic rings. The van der Waals surface area contributed by atoms with E-state index in [2.05, 4.69) is 0 Å². The van der Waals surface area contributed by atoms with Gasteiger partial charge in [-0.25, -0.2) is 4.39 Å². The summed E-state index contributed by atoms with van der Waals surface area (Å²) in [4.78, 5) is 25.6. The van der Waals surface area contributed by atoms with Gasteiger partial charge in [0.15, 0.2) is 0 Å². The lowest BCUT2D eigenvalue weighted by molar-refractivity contribution is -0.135. The Kier molecular flexibility index (Phi) is 5.47. The fraction of sp³-hybridized carbons (Fsp3) is 0.364. The summed E-state index contributed by atoms with van der Waals surface area (Å²) in [6.07, 6.45) is 1.38. The summed E-state index contributed by atoms with van der Waals surface area (Å²) in [6.45, 7) is 5.83. The van der Waals surface area contributed by atoms with Crippen molar-refractivity contribution in [2.45, 2.75) is 46.0 Å². The number of benzene rings is 2. The second-order valence-corrected chi connectivity index (χ2v) is 8.74. The molecule has 0 heterocycles. The van der Waals surface area contributed by atoms with Crippen LogP contribution in [0.2, 0.25) is 10.0 Å². The van der Waals surface area contributed by atoms with Crippen LogP contribution < -0.4 is 0 Å². The van der Waals surface area contributed by atoms with Gasteiger partial charge in [0.2, 0.25) is 0 Å². The van der Waals surface area contributed by atoms with Crippen molar-refractivity contribution in [2.24, 2.45) is 5.41 Å². The van der Waals surface area contributed by atoms with E-state index in [4.69, 9.17) is 23.2 Å². The fourth-order valence-corrected chi connectivity index (χ4v) is 4.47. The number of carbonyl (C=O) groups is 2. The third kappa shape index (κ3) is 3.95. The first-order chi connectivity index (χ1) is 12.6. The molecular formula is C22H21Cl2FO2. The molecule has 0 N–H and O–H groups in total. The molecule has 0 aliphatic heterocycles. The minimum Gasteiger partial charge on any atom is -0.299 e. The average Bonchev–Trinajstić information content (AvgIpc) is 2.52. The van der Waals surface area contributed by atoms with Crippen LogP contribution in [0.4, 0.5) is 4.39 Å². The Morgan fingerprint density at radius 1 is 1.07 bits per heavy atom. The van der Waals surface area contributed by atoms with Crippen LogP contribution in [-0.2, 0) is 16.0 Å². The Morgan fingerprint density at radius 3 is 2.26 bits per heavy atom. The molecule has 0 atom stereocenters. The van der Waals surface area contributed by atoms with Gasteiger partial charge in [-0.2, -0.15) is 0 Å². The van der Waals surface area contributed by atoms with E-state index in [1.54, 1.807) is 12.1 Å². The number of aryl methyl sites for hydroxylation is 1. The quantitative estimate of drug-likeness (QED) is 0.552. The topological polar surface area (TPSA) is 34.1 Å². The molecule has 0 aromatic heterocycles. The van der Waals surface area contributed by atoms with E-state index in [1.807, 2.05) is 26.8 Å². The SMILES string of the molecule is CCc1ccc(-c2c(F)cc(Cl)cc2Cl)cc1C1C(=O)CC(C)(C)CC1=O. The van der Waals surface area contributed by atoms with E-state index in [0.29, 0.717) is 30.4 Å². The van der Waals surface area contributed by atoms with Gasteiger partial charge in [0.05, 0.1) is 5.02 Å². The molecule has 2 nitrogen and oxygen atoms in total. The highest BCUT2D eigenvalue weighted by Gasteiger charge is 2.41. The van der Waals surface area contributed by atoms with Crippen molar-refractivity contribution >= 4 is 34.8 Å². The van der Waals surface area contributed by atoms with Gasteiger partial charge < -0.3 is 0 Å². The highest BCUT2D eigenvalue weighted by atomic mass is 35.5. The van der Waals surface area contributed by atoms with E-state index in [9.17, 15) is 14.0 Å². The second kappa shape index (κ2) is 7.37. The van der Waals surface area contributed by atoms with Gasteiger partial charge in [-0.3, -0.25) is 9.59 Å². The molecule has 0 bridgehead atoms. The van der Waals surface area contributed by atoms with Crippen LogP contribution in [0.1, 0.15) is 50.7 Å². The molecule has 0 spiro atoms. The lowest BCUT2D eigenvalue weighted by Crippen LogP contribution is -2.36. The van der Waals surface area contributed by atoms with E-state index in [-0.39, 0.29) is 32.6 Å². The van der Waals surface area contributed by atoms with Crippen molar-refractivity contribution in [3.8, 4) is 11.1 Å². The number of halogens is 3. The number of Topliss-reactive ketones (excluding diaryl/α,β-unsaturated/α-hetero) is 2. The van der Waals surface area contributed by atoms with Crippen molar-refractivity contribution in [1.82, 2.24) is 0 Å². The predicted octanol–water partition coefficient (Wildman–Crippen LogP) is 6.40. The maximum absolute atomic E-state index is 14.5. The number of hydrogen-bond donors (Lipinski definition) is 0. The first-order valence-corrected chi connectivity index (χ1v) is 9.71. The van der Waals surface area contributed by atoms with E-state index in [0.717, 1.165) is 5.56 Å². The molecule has 1 saturated carbocycles. The van der Waals surface area contributed by atoms with E-state index < -0.39 is 11.7 Å². The van der Waals surface area contributed by atoms with Gasteiger partial charge in [-0.1, -0.05) is 56.1 Å². The lowest BCUT2D eigenvalue weighted by Gasteiger charge is -2.33. The zero-order valence-electron chi connectivity index (χ0n) is 15.5. The Labute approximate surface area is 168 Å². The minimum absolute atomic E-state index is 0.0780. The number of carbonyl (C=O) groups excluding carboxylic acids is 2. The molecule has 1 fully saturated rings. The van der Waals surface area contributed by atoms with Crippen molar-refractivity contribution in [3.63, 3.8) is 0 Å². The van der Waals surface area contributed by atoms with Crippen molar-refractivity contribution in [3.05, 3.63) is 57.3 Å². The Bertz CT molecular complexity index is 891. The molecule has 0 unspecified atom stereocenters. The monoisotopic (exact) mass is 406 g/mol. The second-order valence-electron chi connectivity index (χ2n) is 7.89. The fourth-order valence-electron chi connectivity index (χ4n) is 3.90. The molecule has 3 rings (SSSR count). The largest absolute Gasteiger partial charge is 0.299 e. The standard InChI is InChI=1S/C22H21Cl2FO2/c1-4-12-5-6-13(20-16(24)8-14(23)9-17(20)25)7-15(12)21-18(26)10-22(2,3)11-19(21)27/h5-9,21H,4,10-11H2,1-3H3. The molecule has 27 heavy (non-hydrogen) atoms. The van der Waals surface area contributed by atoms with Gasteiger partial charge >= 0.3 is 0 Å². The summed E-state index contributed by atoms with van der Waals surface area (Å²) < 4.78 is 14.5. The van der Waals surface area contributed by atoms with Crippen LogP contribution in [0, 0.1) is 11.2 Å². The Balaban J connectivity index is 2.14. The molecule has 5 heteroatoms. The summed E-state index contributed by atoms with van der Waals surface area (Å²) in [5.74, 6) is -1.48. The lowest BCUT2D eigenvalue weighted by atomic mass is 9.69. The molecule has 2 aromatic carbocycles. The zero-order chi connectivity index (χ0) is 19.9. The summed E-state index contributed by atoms with van der Waals surface area (Å²) in [7, 11) is 0. The highest BCUT2D eigenvalue weighted by molar-refractivity contribution is 6.36. The highest BCUT2D eigenvalue weighted by Crippen LogP contribution is 2.41. The molecule has 1 aliphatic carbocycles. The van der Waals surface area contributed by atoms with Crippen LogP contribution in [0.25, 0.3) is 11.1 Å². The maximum atomic E-state index is 14.5. The summed E-state index contributed by atoms with van der Waals surface area (Å²) in [5, 5.41) is 0.407. The number of rotatable bonds is 3. The van der Waals surface area contributed by atoms with Crippen LogP contribution in [0.3, 0.4) is 0 Å². The average molecular weight is 407 g/mol. The Morgan fingerprint density at radius 2 is 1.70 bits per heavy atom. The first kappa shape index (κ1) is 20.0. The number of hydrogen-bond acceptors (Lipinski definition) is 2. The summed E-state index contributed by atoms with van der Waals surface area (Å²) >= 11 is 12.1. The van der Waals surface area contributed by atoms with Crippen LogP contribution >= 0.6 is 23.2 Å². The third-order valence-electron chi connectivity index (χ3n) is 5.08. The van der Waals surface area contributed by atoms with Gasteiger partial charge in [0.25, 0.3) is 0 Å². The molecule has 0 radical (unpaired) electrons. The zero-order valence-corrected chi connectivity index (χ0v) is 17.0. The number of ketones is 2. The normalized spacial score (nSPS) is 17.4. The molecule has 0 saturated heterocycles. The predicted molar refractivity (Wildman–Crippen MR) is 107 cm³/mol. The van der Waals surface area contributed by atoms with Crippen molar-refractivity contribution < 1.29 is 14.0 Å². The smallest absolute Gasteiger partial charge is 0.148 e. The molecule has 2 aromatic rings.